The molecule has 2 aromatic heterocycles. The molecule has 0 saturated carbocycles. The second-order valence-electron chi connectivity index (χ2n) is 3.44. The number of rotatable bonds is 1. The first-order chi connectivity index (χ1) is 7.06. The predicted octanol–water partition coefficient (Wildman–Crippen LogP) is 0.892. The summed E-state index contributed by atoms with van der Waals surface area (Å²) in [6.45, 7) is 2.00. The van der Waals surface area contributed by atoms with Gasteiger partial charge in [-0.1, -0.05) is 19.1 Å². The van der Waals surface area contributed by atoms with Gasteiger partial charge in [0.25, 0.3) is 0 Å². The zero-order valence-corrected chi connectivity index (χ0v) is 9.68. The van der Waals surface area contributed by atoms with Crippen LogP contribution in [0.15, 0.2) is 4.79 Å². The first-order valence-electron chi connectivity index (χ1n) is 4.70. The summed E-state index contributed by atoms with van der Waals surface area (Å²) < 4.78 is 3.44. The van der Waals surface area contributed by atoms with Crippen molar-refractivity contribution in [1.82, 2.24) is 19.1 Å². The lowest BCUT2D eigenvalue weighted by molar-refractivity contribution is 0.721. The molecule has 2 rings (SSSR count). The molecule has 2 aromatic rings. The van der Waals surface area contributed by atoms with Crippen molar-refractivity contribution in [3.05, 3.63) is 20.9 Å². The minimum absolute atomic E-state index is 0.151. The van der Waals surface area contributed by atoms with Gasteiger partial charge >= 0.3 is 5.69 Å². The van der Waals surface area contributed by atoms with E-state index in [1.165, 1.54) is 9.13 Å². The third-order valence-corrected chi connectivity index (χ3v) is 2.96. The van der Waals surface area contributed by atoms with Crippen molar-refractivity contribution in [1.29, 1.82) is 0 Å². The van der Waals surface area contributed by atoms with E-state index in [1.54, 1.807) is 14.1 Å². The number of fused-ring (bicyclic) bond motifs is 1. The Balaban J connectivity index is 3.04. The van der Waals surface area contributed by atoms with Gasteiger partial charge in [0.1, 0.15) is 16.0 Å². The quantitative estimate of drug-likeness (QED) is 0.732. The van der Waals surface area contributed by atoms with E-state index < -0.39 is 0 Å². The molecule has 0 bridgehead atoms. The second kappa shape index (κ2) is 3.30. The van der Waals surface area contributed by atoms with E-state index in [4.69, 9.17) is 12.2 Å². The van der Waals surface area contributed by atoms with Crippen LogP contribution < -0.4 is 5.69 Å². The third-order valence-electron chi connectivity index (χ3n) is 2.48. The lowest BCUT2D eigenvalue weighted by atomic mass is 10.5. The molecule has 0 aromatic carbocycles. The van der Waals surface area contributed by atoms with Crippen molar-refractivity contribution in [3.8, 4) is 0 Å². The fraction of sp³-hybridized carbons (Fsp3) is 0.444. The Hall–Kier alpha value is -1.43. The summed E-state index contributed by atoms with van der Waals surface area (Å²) in [7, 11) is 3.36. The van der Waals surface area contributed by atoms with E-state index in [9.17, 15) is 4.79 Å². The fourth-order valence-electron chi connectivity index (χ4n) is 1.54. The highest BCUT2D eigenvalue weighted by Crippen LogP contribution is 2.10. The molecule has 0 unspecified atom stereocenters. The number of nitrogens with zero attached hydrogens (tertiary/aromatic N) is 3. The van der Waals surface area contributed by atoms with Crippen molar-refractivity contribution < 1.29 is 0 Å². The Bertz CT molecular complexity index is 634. The van der Waals surface area contributed by atoms with Crippen molar-refractivity contribution in [2.45, 2.75) is 13.3 Å². The third kappa shape index (κ3) is 1.32. The van der Waals surface area contributed by atoms with E-state index in [2.05, 4.69) is 9.97 Å². The van der Waals surface area contributed by atoms with Gasteiger partial charge in [0.15, 0.2) is 5.65 Å². The van der Waals surface area contributed by atoms with Gasteiger partial charge in [-0.25, -0.2) is 9.78 Å². The maximum absolute atomic E-state index is 11.7. The first-order valence-corrected chi connectivity index (χ1v) is 5.11. The second-order valence-corrected chi connectivity index (χ2v) is 3.83. The number of imidazole rings is 1. The van der Waals surface area contributed by atoms with Gasteiger partial charge in [-0.2, -0.15) is 0 Å². The van der Waals surface area contributed by atoms with Crippen LogP contribution in [0.4, 0.5) is 0 Å². The van der Waals surface area contributed by atoms with Crippen molar-refractivity contribution in [2.75, 3.05) is 0 Å². The zero-order valence-electron chi connectivity index (χ0n) is 8.87. The van der Waals surface area contributed by atoms with Gasteiger partial charge in [-0.15, -0.1) is 0 Å². The summed E-state index contributed by atoms with van der Waals surface area (Å²) in [6.07, 6.45) is 0.793. The summed E-state index contributed by atoms with van der Waals surface area (Å²) in [5.74, 6) is 0.845. The number of nitrogens with one attached hydrogen (secondary N) is 1. The number of aryl methyl sites for hydroxylation is 2. The average Bonchev–Trinajstić information content (AvgIpc) is 2.67. The highest BCUT2D eigenvalue weighted by molar-refractivity contribution is 7.71. The standard InChI is InChI=1S/C9H12N4OS/c1-4-5-10-6-7(11-5)12(2)9(14)13(3)8(6)15/h4H2,1-3H3,(H,10,11). The molecule has 2 heterocycles. The summed E-state index contributed by atoms with van der Waals surface area (Å²) in [5, 5.41) is 0. The minimum atomic E-state index is -0.151. The molecular formula is C9H12N4OS. The van der Waals surface area contributed by atoms with Crippen LogP contribution in [-0.4, -0.2) is 19.1 Å². The van der Waals surface area contributed by atoms with Crippen LogP contribution in [0.1, 0.15) is 12.7 Å². The fourth-order valence-corrected chi connectivity index (χ4v) is 1.76. The van der Waals surface area contributed by atoms with Crippen LogP contribution in [0, 0.1) is 4.64 Å². The van der Waals surface area contributed by atoms with Crippen molar-refractivity contribution in [2.24, 2.45) is 14.1 Å². The Labute approximate surface area is 91.4 Å². The SMILES string of the molecule is CCc1nc2c([nH]1)c(=S)n(C)c(=O)n2C. The van der Waals surface area contributed by atoms with E-state index in [0.717, 1.165) is 17.8 Å². The molecule has 0 fully saturated rings. The molecule has 0 saturated heterocycles. The number of aromatic amines is 1. The van der Waals surface area contributed by atoms with Gasteiger partial charge in [-0.3, -0.25) is 9.13 Å². The predicted molar refractivity (Wildman–Crippen MR) is 60.5 cm³/mol. The Morgan fingerprint density at radius 1 is 1.40 bits per heavy atom. The molecule has 6 heteroatoms. The molecule has 0 aliphatic heterocycles. The lowest BCUT2D eigenvalue weighted by Gasteiger charge is -2.02. The maximum Gasteiger partial charge on any atom is 0.330 e. The first kappa shape index (κ1) is 10.1. The largest absolute Gasteiger partial charge is 0.338 e. The van der Waals surface area contributed by atoms with Crippen LogP contribution in [0.3, 0.4) is 0 Å². The average molecular weight is 224 g/mol. The van der Waals surface area contributed by atoms with Gasteiger partial charge < -0.3 is 4.98 Å². The van der Waals surface area contributed by atoms with Crippen molar-refractivity contribution in [3.63, 3.8) is 0 Å². The van der Waals surface area contributed by atoms with Crippen LogP contribution in [-0.2, 0) is 20.5 Å². The Kier molecular flexibility index (Phi) is 2.22. The number of hydrogen-bond acceptors (Lipinski definition) is 3. The smallest absolute Gasteiger partial charge is 0.330 e. The molecule has 0 aliphatic carbocycles. The highest BCUT2D eigenvalue weighted by Gasteiger charge is 2.09. The van der Waals surface area contributed by atoms with E-state index in [0.29, 0.717) is 10.3 Å². The van der Waals surface area contributed by atoms with Gasteiger partial charge in [0.2, 0.25) is 0 Å². The molecule has 5 nitrogen and oxygen atoms in total. The van der Waals surface area contributed by atoms with Gasteiger partial charge in [0, 0.05) is 20.5 Å². The number of H-pyrrole nitrogens is 1. The molecular weight excluding hydrogens is 212 g/mol. The van der Waals surface area contributed by atoms with Crippen LogP contribution in [0.25, 0.3) is 11.2 Å². The minimum Gasteiger partial charge on any atom is -0.338 e. The highest BCUT2D eigenvalue weighted by atomic mass is 32.1. The van der Waals surface area contributed by atoms with E-state index in [-0.39, 0.29) is 5.69 Å². The topological polar surface area (TPSA) is 55.6 Å². The monoisotopic (exact) mass is 224 g/mol. The van der Waals surface area contributed by atoms with Crippen molar-refractivity contribution >= 4 is 23.4 Å². The van der Waals surface area contributed by atoms with Crippen LogP contribution >= 0.6 is 12.2 Å². The lowest BCUT2D eigenvalue weighted by Crippen LogP contribution is -2.27. The summed E-state index contributed by atoms with van der Waals surface area (Å²) in [5.41, 5.74) is 1.23. The van der Waals surface area contributed by atoms with Crippen LogP contribution in [0.2, 0.25) is 0 Å². The Morgan fingerprint density at radius 3 is 2.67 bits per heavy atom. The summed E-state index contributed by atoms with van der Waals surface area (Å²) in [4.78, 5) is 19.2. The van der Waals surface area contributed by atoms with Crippen LogP contribution in [0.5, 0.6) is 0 Å². The molecule has 0 atom stereocenters. The Morgan fingerprint density at radius 2 is 2.07 bits per heavy atom. The van der Waals surface area contributed by atoms with Gasteiger partial charge in [0.05, 0.1) is 0 Å². The molecule has 0 spiro atoms. The molecule has 15 heavy (non-hydrogen) atoms. The number of hydrogen-bond donors (Lipinski definition) is 1. The molecule has 0 aliphatic rings. The van der Waals surface area contributed by atoms with Gasteiger partial charge in [-0.05, 0) is 0 Å². The maximum atomic E-state index is 11.7. The molecule has 80 valence electrons. The zero-order chi connectivity index (χ0) is 11.2. The summed E-state index contributed by atoms with van der Waals surface area (Å²) >= 11 is 5.18. The normalized spacial score (nSPS) is 11.1. The number of aromatic nitrogens is 4. The van der Waals surface area contributed by atoms with E-state index in [1.807, 2.05) is 6.92 Å². The molecule has 0 radical (unpaired) electrons. The molecule has 1 N–H and O–H groups in total. The molecule has 0 amide bonds. The van der Waals surface area contributed by atoms with E-state index >= 15 is 0 Å². The summed E-state index contributed by atoms with van der Waals surface area (Å²) in [6, 6.07) is 0.